The number of carbonyl (C=O) groups is 1. The minimum Gasteiger partial charge on any atom is -0.399 e. The Labute approximate surface area is 318 Å². The van der Waals surface area contributed by atoms with Crippen molar-refractivity contribution < 1.29 is 38.4 Å². The number of nitrogen functional groups attached to an aromatic ring is 1. The largest absolute Gasteiger partial charge is 0.494 e. The molecule has 0 bridgehead atoms. The third-order valence-corrected chi connectivity index (χ3v) is 9.84. The van der Waals surface area contributed by atoms with Crippen LogP contribution in [0.1, 0.15) is 66.5 Å². The minimum absolute atomic E-state index is 0.0262. The van der Waals surface area contributed by atoms with Gasteiger partial charge in [0.2, 0.25) is 6.08 Å². The number of nitrogens with two attached hydrogens (primary N) is 1. The molecule has 2 fully saturated rings. The van der Waals surface area contributed by atoms with Gasteiger partial charge < -0.3 is 45.2 Å². The monoisotopic (exact) mass is 736 g/mol. The van der Waals surface area contributed by atoms with Crippen molar-refractivity contribution >= 4 is 60.0 Å². The van der Waals surface area contributed by atoms with Crippen molar-refractivity contribution in [2.24, 2.45) is 4.99 Å². The Hall–Kier alpha value is -4.78. The van der Waals surface area contributed by atoms with Crippen molar-refractivity contribution in [2.75, 3.05) is 16.4 Å². The van der Waals surface area contributed by atoms with Crippen LogP contribution in [0.4, 0.5) is 27.5 Å². The van der Waals surface area contributed by atoms with Crippen molar-refractivity contribution in [2.45, 2.75) is 91.0 Å². The Morgan fingerprint density at radius 3 is 1.30 bits per heavy atom. The summed E-state index contributed by atoms with van der Waals surface area (Å²) in [6.07, 6.45) is 1.51. The van der Waals surface area contributed by atoms with Crippen LogP contribution in [0.5, 0.6) is 0 Å². The van der Waals surface area contributed by atoms with Crippen LogP contribution in [0.25, 0.3) is 0 Å². The molecule has 0 aliphatic carbocycles. The van der Waals surface area contributed by atoms with Gasteiger partial charge in [-0.05, 0) is 126 Å². The molecule has 0 unspecified atom stereocenters. The lowest BCUT2D eigenvalue weighted by molar-refractivity contribution is 0.00578. The van der Waals surface area contributed by atoms with Gasteiger partial charge in [0.15, 0.2) is 0 Å². The summed E-state index contributed by atoms with van der Waals surface area (Å²) in [5.41, 5.74) is 10.0. The van der Waals surface area contributed by atoms with Gasteiger partial charge in [0, 0.05) is 17.1 Å². The van der Waals surface area contributed by atoms with Gasteiger partial charge in [0.1, 0.15) is 0 Å². The number of rotatable bonds is 7. The summed E-state index contributed by atoms with van der Waals surface area (Å²) in [5.74, 6) is 0. The third kappa shape index (κ3) is 10.9. The normalized spacial score (nSPS) is 17.2. The van der Waals surface area contributed by atoms with Crippen LogP contribution in [0.2, 0.25) is 0 Å². The van der Waals surface area contributed by atoms with E-state index in [4.69, 9.17) is 34.6 Å². The first-order chi connectivity index (χ1) is 25.4. The Morgan fingerprint density at radius 2 is 0.944 bits per heavy atom. The van der Waals surface area contributed by atoms with E-state index < -0.39 is 7.12 Å². The predicted octanol–water partition coefficient (Wildman–Crippen LogP) is 5.84. The quantitative estimate of drug-likeness (QED) is 0.0677. The molecule has 2 aliphatic rings. The second kappa shape index (κ2) is 17.6. The van der Waals surface area contributed by atoms with Crippen LogP contribution in [0.3, 0.4) is 0 Å². The summed E-state index contributed by atoms with van der Waals surface area (Å²) in [4.78, 5) is 25.8. The maximum Gasteiger partial charge on any atom is 0.494 e. The van der Waals surface area contributed by atoms with Crippen LogP contribution in [0.15, 0.2) is 102 Å². The first-order valence-electron chi connectivity index (χ1n) is 17.6. The van der Waals surface area contributed by atoms with Crippen LogP contribution in [-0.2, 0) is 36.6 Å². The number of aliphatic hydroxyl groups is 2. The van der Waals surface area contributed by atoms with Gasteiger partial charge in [-0.15, -0.1) is 0 Å². The number of hydrogen-bond acceptors (Lipinski definition) is 10. The zero-order valence-electron chi connectivity index (χ0n) is 32.2. The average molecular weight is 736 g/mol. The Balaban J connectivity index is 0.000000205. The highest BCUT2D eigenvalue weighted by atomic mass is 16.7. The predicted molar refractivity (Wildman–Crippen MR) is 214 cm³/mol. The Kier molecular flexibility index (Phi) is 13.7. The molecule has 0 saturated carbocycles. The summed E-state index contributed by atoms with van der Waals surface area (Å²) in [5, 5.41) is 23.2. The topological polar surface area (TPSA) is 174 Å². The highest BCUT2D eigenvalue weighted by Gasteiger charge is 2.52. The molecule has 2 aliphatic heterocycles. The molecule has 6 rings (SSSR count). The van der Waals surface area contributed by atoms with Crippen molar-refractivity contribution in [3.05, 3.63) is 108 Å². The number of urea groups is 1. The molecule has 12 nitrogen and oxygen atoms in total. The fourth-order valence-electron chi connectivity index (χ4n) is 5.05. The molecule has 4 aromatic carbocycles. The molecule has 0 aromatic heterocycles. The van der Waals surface area contributed by atoms with Crippen LogP contribution >= 0.6 is 0 Å². The molecule has 54 heavy (non-hydrogen) atoms. The minimum atomic E-state index is -0.428. The number of aliphatic imine (C=N–C) groups is 1. The molecule has 0 spiro atoms. The molecule has 0 radical (unpaired) electrons. The number of anilines is 3. The van der Waals surface area contributed by atoms with Crippen molar-refractivity contribution in [1.82, 2.24) is 0 Å². The van der Waals surface area contributed by atoms with E-state index in [1.807, 2.05) is 91.8 Å². The summed E-state index contributed by atoms with van der Waals surface area (Å²) in [7, 11) is -0.813. The van der Waals surface area contributed by atoms with Gasteiger partial charge in [0.25, 0.3) is 0 Å². The Morgan fingerprint density at radius 1 is 0.611 bits per heavy atom. The highest BCUT2D eigenvalue weighted by Crippen LogP contribution is 2.37. The van der Waals surface area contributed by atoms with Gasteiger partial charge in [-0.25, -0.2) is 9.59 Å². The summed E-state index contributed by atoms with van der Waals surface area (Å²) >= 11 is 0. The molecular formula is C40H50B2N4O8. The Bertz CT molecular complexity index is 1850. The van der Waals surface area contributed by atoms with E-state index in [9.17, 15) is 9.59 Å². The number of amides is 2. The standard InChI is InChI=1S/C20H25BN2O4.C13H16BNO3.C7H9NO/c1-19(2)20(3,4)27-21(26-19)15-7-11-17(12-8-15)23-18(25)22-16-9-5-14(13-24)6-10-16;1-12(2)13(3,4)18-14(17-12)10-5-7-11(8-6-10)15-9-16;8-7-3-1-6(5-9)2-4-7/h5-12,24H,13H2,1-4H3,(H2,22,23,25);5-8H,1-4H3;1-4,9H,5,8H2. The van der Waals surface area contributed by atoms with E-state index in [0.29, 0.717) is 17.1 Å². The van der Waals surface area contributed by atoms with Gasteiger partial charge >= 0.3 is 20.3 Å². The maximum absolute atomic E-state index is 12.1. The van der Waals surface area contributed by atoms with Crippen LogP contribution < -0.4 is 27.3 Å². The molecule has 2 heterocycles. The number of hydrogen-bond donors (Lipinski definition) is 5. The molecule has 6 N–H and O–H groups in total. The van der Waals surface area contributed by atoms with Gasteiger partial charge in [-0.3, -0.25) is 0 Å². The van der Waals surface area contributed by atoms with E-state index in [2.05, 4.69) is 15.6 Å². The number of nitrogens with zero attached hydrogens (tertiary/aromatic N) is 1. The fraction of sp³-hybridized carbons (Fsp3) is 0.350. The van der Waals surface area contributed by atoms with E-state index in [1.54, 1.807) is 60.7 Å². The van der Waals surface area contributed by atoms with Crippen LogP contribution in [0, 0.1) is 0 Å². The second-order valence-electron chi connectivity index (χ2n) is 14.9. The van der Waals surface area contributed by atoms with Gasteiger partial charge in [-0.2, -0.15) is 4.99 Å². The third-order valence-electron chi connectivity index (χ3n) is 9.84. The number of aliphatic hydroxyl groups excluding tert-OH is 2. The highest BCUT2D eigenvalue weighted by molar-refractivity contribution is 6.62. The zero-order valence-corrected chi connectivity index (χ0v) is 32.2. The molecular weight excluding hydrogens is 686 g/mol. The lowest BCUT2D eigenvalue weighted by Gasteiger charge is -2.32. The summed E-state index contributed by atoms with van der Waals surface area (Å²) in [6.45, 7) is 16.2. The smallest absolute Gasteiger partial charge is 0.399 e. The fourth-order valence-corrected chi connectivity index (χ4v) is 5.05. The SMILES string of the molecule is CC1(C)OB(c2ccc(N=C=O)cc2)OC1(C)C.CC1(C)OB(c2ccc(NC(=O)Nc3ccc(CO)cc3)cc2)OC1(C)C.Nc1ccc(CO)cc1. The maximum atomic E-state index is 12.1. The lowest BCUT2D eigenvalue weighted by Crippen LogP contribution is -2.41. The van der Waals surface area contributed by atoms with Crippen molar-refractivity contribution in [3.63, 3.8) is 0 Å². The zero-order chi connectivity index (χ0) is 39.7. The molecule has 0 atom stereocenters. The van der Waals surface area contributed by atoms with Crippen LogP contribution in [-0.4, -0.2) is 59.0 Å². The lowest BCUT2D eigenvalue weighted by atomic mass is 9.79. The molecule has 284 valence electrons. The van der Waals surface area contributed by atoms with Gasteiger partial charge in [0.05, 0.1) is 41.3 Å². The number of carbonyl (C=O) groups excluding carboxylic acids is 2. The molecule has 2 saturated heterocycles. The average Bonchev–Trinajstić information content (AvgIpc) is 3.49. The molecule has 14 heteroatoms. The van der Waals surface area contributed by atoms with Crippen molar-refractivity contribution in [3.8, 4) is 0 Å². The summed E-state index contributed by atoms with van der Waals surface area (Å²) in [6, 6.07) is 28.4. The second-order valence-corrected chi connectivity index (χ2v) is 14.9. The van der Waals surface area contributed by atoms with Crippen molar-refractivity contribution in [1.29, 1.82) is 0 Å². The number of isocyanates is 1. The number of nitrogens with one attached hydrogen (secondary N) is 2. The first-order valence-corrected chi connectivity index (χ1v) is 17.6. The van der Waals surface area contributed by atoms with E-state index in [-0.39, 0.29) is 48.8 Å². The first kappa shape index (κ1) is 42.0. The van der Waals surface area contributed by atoms with E-state index in [1.165, 1.54) is 6.08 Å². The molecule has 4 aromatic rings. The van der Waals surface area contributed by atoms with Gasteiger partial charge in [-0.1, -0.05) is 48.5 Å². The molecule has 2 amide bonds. The number of benzene rings is 4. The van der Waals surface area contributed by atoms with E-state index >= 15 is 0 Å². The van der Waals surface area contributed by atoms with E-state index in [0.717, 1.165) is 27.7 Å². The summed E-state index contributed by atoms with van der Waals surface area (Å²) < 4.78 is 23.9.